The fourth-order valence-corrected chi connectivity index (χ4v) is 6.54. The van der Waals surface area contributed by atoms with E-state index in [-0.39, 0.29) is 5.92 Å². The highest BCUT2D eigenvalue weighted by Gasteiger charge is 2.28. The first kappa shape index (κ1) is 21.2. The van der Waals surface area contributed by atoms with Crippen molar-refractivity contribution in [3.8, 4) is 0 Å². The Bertz CT molecular complexity index is 625. The highest BCUT2D eigenvalue weighted by atomic mass is 19.2. The molecule has 0 heterocycles. The lowest BCUT2D eigenvalue weighted by atomic mass is 9.73. The Labute approximate surface area is 174 Å². The molecular weight excluding hydrogens is 369 g/mol. The third-order valence-corrected chi connectivity index (χ3v) is 8.42. The highest BCUT2D eigenvalue weighted by Crippen LogP contribution is 2.42. The first-order chi connectivity index (χ1) is 14.1. The van der Waals surface area contributed by atoms with Gasteiger partial charge in [-0.2, -0.15) is 0 Å². The molecule has 0 saturated heterocycles. The summed E-state index contributed by atoms with van der Waals surface area (Å²) in [6.07, 6.45) is 20.1. The molecule has 0 atom stereocenters. The molecule has 3 saturated carbocycles. The summed E-state index contributed by atoms with van der Waals surface area (Å²) in [5.74, 6) is 0.458. The normalized spacial score (nSPS) is 31.3. The molecule has 4 rings (SSSR count). The van der Waals surface area contributed by atoms with Crippen LogP contribution in [0.1, 0.15) is 108 Å². The van der Waals surface area contributed by atoms with Crippen LogP contribution in [-0.4, -0.2) is 0 Å². The quantitative estimate of drug-likeness (QED) is 0.415. The van der Waals surface area contributed by atoms with Gasteiger partial charge in [-0.05, 0) is 79.4 Å². The van der Waals surface area contributed by atoms with Crippen LogP contribution in [-0.2, 0) is 0 Å². The number of benzene rings is 1. The zero-order valence-electron chi connectivity index (χ0n) is 17.8. The topological polar surface area (TPSA) is 0 Å². The van der Waals surface area contributed by atoms with E-state index in [4.69, 9.17) is 0 Å². The second-order valence-electron chi connectivity index (χ2n) is 10.4. The summed E-state index contributed by atoms with van der Waals surface area (Å²) in [5, 5.41) is 0. The van der Waals surface area contributed by atoms with Gasteiger partial charge in [0, 0.05) is 0 Å². The van der Waals surface area contributed by atoms with Crippen molar-refractivity contribution in [2.45, 2.75) is 102 Å². The van der Waals surface area contributed by atoms with Gasteiger partial charge < -0.3 is 0 Å². The molecule has 0 unspecified atom stereocenters. The summed E-state index contributed by atoms with van der Waals surface area (Å²) < 4.78 is 40.2. The molecule has 0 amide bonds. The largest absolute Gasteiger partial charge is 0.204 e. The van der Waals surface area contributed by atoms with E-state index in [2.05, 4.69) is 0 Å². The molecule has 0 nitrogen and oxygen atoms in total. The first-order valence-electron chi connectivity index (χ1n) is 12.2. The smallest absolute Gasteiger partial charge is 0.194 e. The Balaban J connectivity index is 1.15. The van der Waals surface area contributed by atoms with Crippen molar-refractivity contribution in [3.63, 3.8) is 0 Å². The maximum absolute atomic E-state index is 13.5. The lowest BCUT2D eigenvalue weighted by Gasteiger charge is -2.33. The molecular formula is C26H37F3. The molecule has 0 spiro atoms. The maximum Gasteiger partial charge on any atom is 0.194 e. The van der Waals surface area contributed by atoms with Crippen molar-refractivity contribution in [2.24, 2.45) is 23.7 Å². The molecule has 3 aliphatic carbocycles. The molecule has 0 bridgehead atoms. The average molecular weight is 407 g/mol. The zero-order valence-corrected chi connectivity index (χ0v) is 17.8. The Kier molecular flexibility index (Phi) is 7.24. The average Bonchev–Trinajstić information content (AvgIpc) is 3.24. The van der Waals surface area contributed by atoms with Gasteiger partial charge in [0.1, 0.15) is 0 Å². The Morgan fingerprint density at radius 1 is 0.586 bits per heavy atom. The van der Waals surface area contributed by atoms with Crippen molar-refractivity contribution < 1.29 is 13.2 Å². The molecule has 1 aromatic rings. The summed E-state index contributed by atoms with van der Waals surface area (Å²) in [7, 11) is 0. The van der Waals surface area contributed by atoms with Crippen LogP contribution in [0.2, 0.25) is 0 Å². The van der Waals surface area contributed by atoms with Crippen LogP contribution in [0.25, 0.3) is 0 Å². The number of hydrogen-bond acceptors (Lipinski definition) is 0. The van der Waals surface area contributed by atoms with Gasteiger partial charge in [0.25, 0.3) is 0 Å². The molecule has 29 heavy (non-hydrogen) atoms. The van der Waals surface area contributed by atoms with E-state index in [9.17, 15) is 13.2 Å². The minimum absolute atomic E-state index is 0.182. The number of hydrogen-bond donors (Lipinski definition) is 0. The van der Waals surface area contributed by atoms with Crippen LogP contribution in [0.4, 0.5) is 13.2 Å². The van der Waals surface area contributed by atoms with Crippen molar-refractivity contribution in [1.82, 2.24) is 0 Å². The minimum Gasteiger partial charge on any atom is -0.204 e. The predicted octanol–water partition coefficient (Wildman–Crippen LogP) is 8.54. The van der Waals surface area contributed by atoms with Crippen LogP contribution in [0.15, 0.2) is 12.1 Å². The fraction of sp³-hybridized carbons (Fsp3) is 0.769. The standard InChI is InChI=1S/C26H37F3/c27-24-16-23(17-25(28)26(24)29)22-13-11-19(12-14-22)6-5-18-7-9-21(10-8-18)15-20-3-1-2-4-20/h16-22H,1-15H2/t18-,19-,21-,22-. The van der Waals surface area contributed by atoms with Gasteiger partial charge in [-0.3, -0.25) is 0 Å². The van der Waals surface area contributed by atoms with Gasteiger partial charge in [-0.15, -0.1) is 0 Å². The van der Waals surface area contributed by atoms with Crippen LogP contribution in [0.3, 0.4) is 0 Å². The van der Waals surface area contributed by atoms with E-state index in [1.165, 1.54) is 82.8 Å². The highest BCUT2D eigenvalue weighted by molar-refractivity contribution is 5.23. The monoisotopic (exact) mass is 406 g/mol. The van der Waals surface area contributed by atoms with Gasteiger partial charge in [0.15, 0.2) is 17.5 Å². The second kappa shape index (κ2) is 9.88. The summed E-state index contributed by atoms with van der Waals surface area (Å²) in [6.45, 7) is 0. The van der Waals surface area contributed by atoms with Gasteiger partial charge in [-0.25, -0.2) is 13.2 Å². The summed E-state index contributed by atoms with van der Waals surface area (Å²) in [5.41, 5.74) is 0.639. The van der Waals surface area contributed by atoms with E-state index in [1.807, 2.05) is 0 Å². The second-order valence-corrected chi connectivity index (χ2v) is 10.4. The molecule has 3 aliphatic rings. The predicted molar refractivity (Wildman–Crippen MR) is 112 cm³/mol. The number of halogens is 3. The van der Waals surface area contributed by atoms with E-state index < -0.39 is 17.5 Å². The van der Waals surface area contributed by atoms with Crippen LogP contribution >= 0.6 is 0 Å². The van der Waals surface area contributed by atoms with Gasteiger partial charge in [0.2, 0.25) is 0 Å². The summed E-state index contributed by atoms with van der Waals surface area (Å²) >= 11 is 0. The molecule has 1 aromatic carbocycles. The van der Waals surface area contributed by atoms with Gasteiger partial charge in [-0.1, -0.05) is 64.2 Å². The molecule has 0 N–H and O–H groups in total. The Morgan fingerprint density at radius 2 is 1.03 bits per heavy atom. The van der Waals surface area contributed by atoms with E-state index in [1.54, 1.807) is 0 Å². The van der Waals surface area contributed by atoms with E-state index in [0.717, 1.165) is 49.4 Å². The maximum atomic E-state index is 13.5. The van der Waals surface area contributed by atoms with Gasteiger partial charge >= 0.3 is 0 Å². The van der Waals surface area contributed by atoms with Crippen molar-refractivity contribution in [2.75, 3.05) is 0 Å². The van der Waals surface area contributed by atoms with E-state index >= 15 is 0 Å². The van der Waals surface area contributed by atoms with Crippen molar-refractivity contribution in [3.05, 3.63) is 35.1 Å². The van der Waals surface area contributed by atoms with Crippen molar-refractivity contribution >= 4 is 0 Å². The third-order valence-electron chi connectivity index (χ3n) is 8.42. The van der Waals surface area contributed by atoms with E-state index in [0.29, 0.717) is 5.56 Å². The lowest BCUT2D eigenvalue weighted by molar-refractivity contribution is 0.209. The van der Waals surface area contributed by atoms with Crippen LogP contribution in [0.5, 0.6) is 0 Å². The lowest BCUT2D eigenvalue weighted by Crippen LogP contribution is -2.19. The zero-order chi connectivity index (χ0) is 20.2. The fourth-order valence-electron chi connectivity index (χ4n) is 6.54. The molecule has 0 radical (unpaired) electrons. The molecule has 3 fully saturated rings. The number of rotatable bonds is 6. The minimum atomic E-state index is -1.35. The van der Waals surface area contributed by atoms with Crippen LogP contribution in [0, 0.1) is 41.1 Å². The summed E-state index contributed by atoms with van der Waals surface area (Å²) in [6, 6.07) is 2.40. The van der Waals surface area contributed by atoms with Crippen molar-refractivity contribution in [1.29, 1.82) is 0 Å². The molecule has 3 heteroatoms. The molecule has 162 valence electrons. The molecule has 0 aromatic heterocycles. The summed E-state index contributed by atoms with van der Waals surface area (Å²) in [4.78, 5) is 0. The Hall–Kier alpha value is -0.990. The third kappa shape index (κ3) is 5.58. The Morgan fingerprint density at radius 3 is 1.59 bits per heavy atom. The molecule has 0 aliphatic heterocycles. The SMILES string of the molecule is Fc1cc([C@H]2CC[C@H](CC[C@H]3CC[C@H](CC4CCCC4)CC3)CC2)cc(F)c1F. The van der Waals surface area contributed by atoms with Gasteiger partial charge in [0.05, 0.1) is 0 Å². The van der Waals surface area contributed by atoms with Crippen LogP contribution < -0.4 is 0 Å². The first-order valence-corrected chi connectivity index (χ1v) is 12.2.